The van der Waals surface area contributed by atoms with Gasteiger partial charge >= 0.3 is 0 Å². The molecule has 0 aliphatic heterocycles. The number of hydrogen-bond acceptors (Lipinski definition) is 2. The van der Waals surface area contributed by atoms with Crippen LogP contribution in [0, 0.1) is 11.8 Å². The van der Waals surface area contributed by atoms with Gasteiger partial charge in [0.15, 0.2) is 0 Å². The molecule has 0 aromatic rings. The van der Waals surface area contributed by atoms with Gasteiger partial charge in [-0.2, -0.15) is 0 Å². The van der Waals surface area contributed by atoms with Crippen molar-refractivity contribution in [2.75, 3.05) is 7.11 Å². The minimum atomic E-state index is 0.436. The van der Waals surface area contributed by atoms with Gasteiger partial charge in [0.05, 0.1) is 6.10 Å². The van der Waals surface area contributed by atoms with Crippen LogP contribution in [0.5, 0.6) is 0 Å². The lowest BCUT2D eigenvalue weighted by atomic mass is 9.78. The van der Waals surface area contributed by atoms with Crippen molar-refractivity contribution in [1.29, 1.82) is 0 Å². The van der Waals surface area contributed by atoms with Crippen LogP contribution in [0.25, 0.3) is 0 Å². The third kappa shape index (κ3) is 2.00. The number of ether oxygens (including phenoxy) is 1. The van der Waals surface area contributed by atoms with Crippen molar-refractivity contribution in [3.8, 4) is 0 Å². The van der Waals surface area contributed by atoms with Gasteiger partial charge in [-0.25, -0.2) is 0 Å². The number of hydrogen-bond donors (Lipinski definition) is 0. The van der Waals surface area contributed by atoms with Crippen LogP contribution in [0.4, 0.5) is 0 Å². The van der Waals surface area contributed by atoms with Crippen molar-refractivity contribution in [3.05, 3.63) is 0 Å². The Morgan fingerprint density at radius 2 is 2.07 bits per heavy atom. The van der Waals surface area contributed by atoms with Crippen LogP contribution in [-0.2, 0) is 9.53 Å². The Hall–Kier alpha value is -0.370. The molecule has 2 rings (SSSR count). The molecule has 0 radical (unpaired) electrons. The van der Waals surface area contributed by atoms with Gasteiger partial charge in [0, 0.05) is 20.0 Å². The number of Topliss-reactive ketones (excluding diaryl/α,β-unsaturated/α-hetero) is 1. The second kappa shape index (κ2) is 4.43. The number of carbonyl (C=O) groups is 1. The summed E-state index contributed by atoms with van der Waals surface area (Å²) in [5.41, 5.74) is 0. The molecule has 0 aromatic carbocycles. The summed E-state index contributed by atoms with van der Waals surface area (Å²) < 4.78 is 5.50. The average molecular weight is 196 g/mol. The summed E-state index contributed by atoms with van der Waals surface area (Å²) in [5.74, 6) is 1.77. The minimum Gasteiger partial charge on any atom is -0.381 e. The third-order valence-corrected chi connectivity index (χ3v) is 3.93. The Bertz CT molecular complexity index is 212. The normalized spacial score (nSPS) is 38.9. The van der Waals surface area contributed by atoms with Crippen LogP contribution in [0.15, 0.2) is 0 Å². The lowest BCUT2D eigenvalue weighted by Gasteiger charge is -2.30. The van der Waals surface area contributed by atoms with Crippen LogP contribution in [0.2, 0.25) is 0 Å². The zero-order valence-corrected chi connectivity index (χ0v) is 9.00. The van der Waals surface area contributed by atoms with Crippen molar-refractivity contribution in [3.63, 3.8) is 0 Å². The molecular formula is C12H20O2. The summed E-state index contributed by atoms with van der Waals surface area (Å²) in [6.07, 6.45) is 8.19. The van der Waals surface area contributed by atoms with Gasteiger partial charge in [-0.3, -0.25) is 4.79 Å². The number of rotatable bonds is 2. The van der Waals surface area contributed by atoms with E-state index in [0.29, 0.717) is 23.7 Å². The Balaban J connectivity index is 1.95. The molecule has 0 amide bonds. The molecule has 0 spiro atoms. The first-order valence-corrected chi connectivity index (χ1v) is 5.85. The molecule has 80 valence electrons. The lowest BCUT2D eigenvalue weighted by Crippen LogP contribution is -2.28. The van der Waals surface area contributed by atoms with Crippen molar-refractivity contribution in [2.24, 2.45) is 11.8 Å². The molecule has 3 atom stereocenters. The van der Waals surface area contributed by atoms with Crippen LogP contribution in [-0.4, -0.2) is 19.0 Å². The van der Waals surface area contributed by atoms with E-state index in [1.54, 1.807) is 0 Å². The summed E-state index contributed by atoms with van der Waals surface area (Å²) in [5, 5.41) is 0. The van der Waals surface area contributed by atoms with Crippen LogP contribution >= 0.6 is 0 Å². The molecule has 0 heterocycles. The zero-order valence-electron chi connectivity index (χ0n) is 9.00. The maximum Gasteiger partial charge on any atom is 0.133 e. The van der Waals surface area contributed by atoms with E-state index in [4.69, 9.17) is 4.74 Å². The Morgan fingerprint density at radius 1 is 1.21 bits per heavy atom. The summed E-state index contributed by atoms with van der Waals surface area (Å²) in [7, 11) is 1.81. The molecule has 2 nitrogen and oxygen atoms in total. The van der Waals surface area contributed by atoms with E-state index in [1.807, 2.05) is 7.11 Å². The highest BCUT2D eigenvalue weighted by molar-refractivity contribution is 5.79. The van der Waals surface area contributed by atoms with Gasteiger partial charge in [0.25, 0.3) is 0 Å². The molecule has 0 saturated heterocycles. The molecule has 2 heteroatoms. The van der Waals surface area contributed by atoms with Crippen molar-refractivity contribution >= 4 is 5.78 Å². The van der Waals surface area contributed by atoms with Crippen molar-refractivity contribution < 1.29 is 9.53 Å². The second-order valence-corrected chi connectivity index (χ2v) is 4.76. The molecule has 2 aliphatic carbocycles. The maximum atomic E-state index is 11.4. The first kappa shape index (κ1) is 10.2. The van der Waals surface area contributed by atoms with E-state index in [2.05, 4.69) is 0 Å². The number of methoxy groups -OCH3 is 1. The smallest absolute Gasteiger partial charge is 0.133 e. The average Bonchev–Trinajstić information content (AvgIpc) is 2.65. The Morgan fingerprint density at radius 3 is 2.79 bits per heavy atom. The molecule has 0 N–H and O–H groups in total. The van der Waals surface area contributed by atoms with Crippen LogP contribution in [0.3, 0.4) is 0 Å². The third-order valence-electron chi connectivity index (χ3n) is 3.93. The topological polar surface area (TPSA) is 26.3 Å². The number of ketones is 1. The van der Waals surface area contributed by atoms with E-state index < -0.39 is 0 Å². The standard InChI is InChI=1S/C12H20O2/c1-14-12-7-3-6-11(12)9-4-2-5-10(13)8-9/h9,11-12H,2-8H2,1H3. The monoisotopic (exact) mass is 196 g/mol. The van der Waals surface area contributed by atoms with Gasteiger partial charge in [-0.1, -0.05) is 6.42 Å². The van der Waals surface area contributed by atoms with Gasteiger partial charge in [0.2, 0.25) is 0 Å². The van der Waals surface area contributed by atoms with Gasteiger partial charge in [0.1, 0.15) is 5.78 Å². The highest BCUT2D eigenvalue weighted by atomic mass is 16.5. The molecular weight excluding hydrogens is 176 g/mol. The predicted octanol–water partition coefficient (Wildman–Crippen LogP) is 2.56. The molecule has 14 heavy (non-hydrogen) atoms. The fourth-order valence-electron chi connectivity index (χ4n) is 3.21. The Labute approximate surface area is 86.0 Å². The van der Waals surface area contributed by atoms with Crippen LogP contribution in [0.1, 0.15) is 44.9 Å². The summed E-state index contributed by atoms with van der Waals surface area (Å²) in [6, 6.07) is 0. The number of carbonyl (C=O) groups excluding carboxylic acids is 1. The van der Waals surface area contributed by atoms with Gasteiger partial charge < -0.3 is 4.74 Å². The van der Waals surface area contributed by atoms with Crippen LogP contribution < -0.4 is 0 Å². The molecule has 2 fully saturated rings. The molecule has 2 saturated carbocycles. The Kier molecular flexibility index (Phi) is 3.22. The van der Waals surface area contributed by atoms with Gasteiger partial charge in [-0.15, -0.1) is 0 Å². The first-order chi connectivity index (χ1) is 6.81. The fraction of sp³-hybridized carbons (Fsp3) is 0.917. The highest BCUT2D eigenvalue weighted by Gasteiger charge is 2.35. The van der Waals surface area contributed by atoms with E-state index in [1.165, 1.54) is 25.7 Å². The first-order valence-electron chi connectivity index (χ1n) is 5.85. The molecule has 2 aliphatic rings. The van der Waals surface area contributed by atoms with Crippen molar-refractivity contribution in [1.82, 2.24) is 0 Å². The summed E-state index contributed by atoms with van der Waals surface area (Å²) in [6.45, 7) is 0. The van der Waals surface area contributed by atoms with E-state index in [0.717, 1.165) is 19.3 Å². The van der Waals surface area contributed by atoms with E-state index >= 15 is 0 Å². The van der Waals surface area contributed by atoms with E-state index in [9.17, 15) is 4.79 Å². The largest absolute Gasteiger partial charge is 0.381 e. The summed E-state index contributed by atoms with van der Waals surface area (Å²) >= 11 is 0. The summed E-state index contributed by atoms with van der Waals surface area (Å²) in [4.78, 5) is 11.4. The lowest BCUT2D eigenvalue weighted by molar-refractivity contribution is -0.122. The van der Waals surface area contributed by atoms with Crippen molar-refractivity contribution in [2.45, 2.75) is 51.0 Å². The highest BCUT2D eigenvalue weighted by Crippen LogP contribution is 2.39. The van der Waals surface area contributed by atoms with E-state index in [-0.39, 0.29) is 0 Å². The fourth-order valence-corrected chi connectivity index (χ4v) is 3.21. The quantitative estimate of drug-likeness (QED) is 0.678. The molecule has 0 aromatic heterocycles. The minimum absolute atomic E-state index is 0.436. The SMILES string of the molecule is COC1CCCC1C1CCCC(=O)C1. The zero-order chi connectivity index (χ0) is 9.97. The maximum absolute atomic E-state index is 11.4. The molecule has 0 bridgehead atoms. The predicted molar refractivity (Wildman–Crippen MR) is 55.1 cm³/mol. The van der Waals surface area contributed by atoms with Gasteiger partial charge in [-0.05, 0) is 37.5 Å². The second-order valence-electron chi connectivity index (χ2n) is 4.76. The molecule has 3 unspecified atom stereocenters.